The molecule has 0 aromatic heterocycles. The number of hydrogen-bond acceptors (Lipinski definition) is 4. The maximum atomic E-state index is 12.5. The highest BCUT2D eigenvalue weighted by Crippen LogP contribution is 2.32. The number of likely N-dealkylation sites (N-methyl/N-ethyl adjacent to an activating group) is 1. The molecule has 0 aliphatic carbocycles. The van der Waals surface area contributed by atoms with E-state index in [2.05, 4.69) is 0 Å². The number of amides is 1. The number of nitrogens with zero attached hydrogens (tertiary/aromatic N) is 1. The summed E-state index contributed by atoms with van der Waals surface area (Å²) in [6.07, 6.45) is -0.676. The molecule has 2 aromatic rings. The van der Waals surface area contributed by atoms with Crippen molar-refractivity contribution in [1.29, 1.82) is 0 Å². The van der Waals surface area contributed by atoms with Gasteiger partial charge in [-0.2, -0.15) is 0 Å². The van der Waals surface area contributed by atoms with Crippen LogP contribution in [-0.2, 0) is 4.79 Å². The lowest BCUT2D eigenvalue weighted by molar-refractivity contribution is -0.127. The van der Waals surface area contributed by atoms with Crippen molar-refractivity contribution in [3.05, 3.63) is 48.5 Å². The first kappa shape index (κ1) is 13.3. The van der Waals surface area contributed by atoms with Gasteiger partial charge in [0.15, 0.2) is 11.5 Å². The highest BCUT2D eigenvalue weighted by Gasteiger charge is 2.30. The SMILES string of the molecule is CN(C(=O)C1COc2ccccc2O1)c1ccccc1N. The molecule has 1 heterocycles. The number of carbonyl (C=O) groups excluding carboxylic acids is 1. The third kappa shape index (κ3) is 2.50. The monoisotopic (exact) mass is 284 g/mol. The summed E-state index contributed by atoms with van der Waals surface area (Å²) in [5.41, 5.74) is 7.10. The smallest absolute Gasteiger partial charge is 0.271 e. The van der Waals surface area contributed by atoms with Gasteiger partial charge in [-0.15, -0.1) is 0 Å². The van der Waals surface area contributed by atoms with Gasteiger partial charge in [-0.05, 0) is 24.3 Å². The Morgan fingerprint density at radius 2 is 1.81 bits per heavy atom. The number of ether oxygens (including phenoxy) is 2. The largest absolute Gasteiger partial charge is 0.485 e. The summed E-state index contributed by atoms with van der Waals surface area (Å²) >= 11 is 0. The first-order chi connectivity index (χ1) is 10.2. The van der Waals surface area contributed by atoms with Crippen LogP contribution in [0.15, 0.2) is 48.5 Å². The summed E-state index contributed by atoms with van der Waals surface area (Å²) in [7, 11) is 1.68. The number of para-hydroxylation sites is 4. The van der Waals surface area contributed by atoms with Gasteiger partial charge in [0, 0.05) is 7.05 Å². The zero-order chi connectivity index (χ0) is 14.8. The standard InChI is InChI=1S/C16H16N2O3/c1-18(12-7-3-2-6-11(12)17)16(19)15-10-20-13-8-4-5-9-14(13)21-15/h2-9,15H,10,17H2,1H3. The lowest BCUT2D eigenvalue weighted by Gasteiger charge is -2.29. The summed E-state index contributed by atoms with van der Waals surface area (Å²) in [6.45, 7) is 0.187. The van der Waals surface area contributed by atoms with Gasteiger partial charge in [0.25, 0.3) is 5.91 Å². The van der Waals surface area contributed by atoms with E-state index in [0.717, 1.165) is 0 Å². The predicted molar refractivity (Wildman–Crippen MR) is 80.6 cm³/mol. The second kappa shape index (κ2) is 5.36. The van der Waals surface area contributed by atoms with Crippen LogP contribution in [0, 0.1) is 0 Å². The van der Waals surface area contributed by atoms with Crippen LogP contribution in [0.5, 0.6) is 11.5 Å². The summed E-state index contributed by atoms with van der Waals surface area (Å²) in [6, 6.07) is 14.5. The maximum Gasteiger partial charge on any atom is 0.271 e. The van der Waals surface area contributed by atoms with Gasteiger partial charge in [0.1, 0.15) is 6.61 Å². The Kier molecular flexibility index (Phi) is 3.39. The first-order valence-corrected chi connectivity index (χ1v) is 6.67. The van der Waals surface area contributed by atoms with E-state index in [1.54, 1.807) is 25.2 Å². The molecule has 2 N–H and O–H groups in total. The molecule has 0 bridgehead atoms. The second-order valence-corrected chi connectivity index (χ2v) is 4.82. The molecular weight excluding hydrogens is 268 g/mol. The Balaban J connectivity index is 1.79. The van der Waals surface area contributed by atoms with Crippen molar-refractivity contribution in [2.75, 3.05) is 24.3 Å². The van der Waals surface area contributed by atoms with E-state index in [-0.39, 0.29) is 12.5 Å². The van der Waals surface area contributed by atoms with Crippen LogP contribution in [0.2, 0.25) is 0 Å². The number of anilines is 2. The molecule has 0 radical (unpaired) electrons. The van der Waals surface area contributed by atoms with Crippen LogP contribution in [-0.4, -0.2) is 25.7 Å². The van der Waals surface area contributed by atoms with E-state index in [4.69, 9.17) is 15.2 Å². The minimum atomic E-state index is -0.676. The fourth-order valence-corrected chi connectivity index (χ4v) is 2.27. The van der Waals surface area contributed by atoms with Gasteiger partial charge in [0.05, 0.1) is 11.4 Å². The summed E-state index contributed by atoms with van der Waals surface area (Å²) in [5, 5.41) is 0. The zero-order valence-electron chi connectivity index (χ0n) is 11.7. The number of carbonyl (C=O) groups is 1. The molecule has 0 fully saturated rings. The molecular formula is C16H16N2O3. The van der Waals surface area contributed by atoms with Gasteiger partial charge in [-0.25, -0.2) is 0 Å². The minimum Gasteiger partial charge on any atom is -0.485 e. The van der Waals surface area contributed by atoms with Crippen LogP contribution in [0.25, 0.3) is 0 Å². The fraction of sp³-hybridized carbons (Fsp3) is 0.188. The molecule has 1 aliphatic heterocycles. The average Bonchev–Trinajstić information content (AvgIpc) is 2.53. The molecule has 1 unspecified atom stereocenters. The van der Waals surface area contributed by atoms with E-state index in [1.165, 1.54) is 4.90 Å². The minimum absolute atomic E-state index is 0.187. The molecule has 5 nitrogen and oxygen atoms in total. The van der Waals surface area contributed by atoms with Crippen LogP contribution < -0.4 is 20.1 Å². The number of rotatable bonds is 2. The summed E-state index contributed by atoms with van der Waals surface area (Å²) in [5.74, 6) is 1.04. The molecule has 0 saturated carbocycles. The number of nitrogens with two attached hydrogens (primary N) is 1. The zero-order valence-corrected chi connectivity index (χ0v) is 11.7. The van der Waals surface area contributed by atoms with Crippen LogP contribution >= 0.6 is 0 Å². The number of hydrogen-bond donors (Lipinski definition) is 1. The van der Waals surface area contributed by atoms with Gasteiger partial charge in [-0.1, -0.05) is 24.3 Å². The second-order valence-electron chi connectivity index (χ2n) is 4.82. The summed E-state index contributed by atoms with van der Waals surface area (Å²) < 4.78 is 11.3. The Hall–Kier alpha value is -2.69. The molecule has 3 rings (SSSR count). The molecule has 1 amide bonds. The Labute approximate surface area is 122 Å². The number of nitrogen functional groups attached to an aromatic ring is 1. The lowest BCUT2D eigenvalue weighted by atomic mass is 10.2. The third-order valence-corrected chi connectivity index (χ3v) is 3.41. The van der Waals surface area contributed by atoms with Gasteiger partial charge >= 0.3 is 0 Å². The highest BCUT2D eigenvalue weighted by molar-refractivity contribution is 5.99. The normalized spacial score (nSPS) is 16.3. The van der Waals surface area contributed by atoms with Crippen molar-refractivity contribution >= 4 is 17.3 Å². The van der Waals surface area contributed by atoms with Crippen molar-refractivity contribution < 1.29 is 14.3 Å². The van der Waals surface area contributed by atoms with Gasteiger partial charge < -0.3 is 20.1 Å². The Morgan fingerprint density at radius 1 is 1.14 bits per heavy atom. The molecule has 108 valence electrons. The van der Waals surface area contributed by atoms with Crippen LogP contribution in [0.4, 0.5) is 11.4 Å². The number of benzene rings is 2. The van der Waals surface area contributed by atoms with Crippen LogP contribution in [0.3, 0.4) is 0 Å². The Bertz CT molecular complexity index is 672. The topological polar surface area (TPSA) is 64.8 Å². The van der Waals surface area contributed by atoms with E-state index in [9.17, 15) is 4.79 Å². The van der Waals surface area contributed by atoms with E-state index < -0.39 is 6.10 Å². The van der Waals surface area contributed by atoms with Crippen molar-refractivity contribution in [3.8, 4) is 11.5 Å². The molecule has 0 saturated heterocycles. The van der Waals surface area contributed by atoms with Crippen molar-refractivity contribution in [1.82, 2.24) is 0 Å². The maximum absolute atomic E-state index is 12.5. The molecule has 5 heteroatoms. The van der Waals surface area contributed by atoms with Gasteiger partial charge in [0.2, 0.25) is 6.10 Å². The summed E-state index contributed by atoms with van der Waals surface area (Å²) in [4.78, 5) is 14.0. The van der Waals surface area contributed by atoms with Crippen LogP contribution in [0.1, 0.15) is 0 Å². The predicted octanol–water partition coefficient (Wildman–Crippen LogP) is 2.07. The fourth-order valence-electron chi connectivity index (χ4n) is 2.27. The molecule has 1 aliphatic rings. The molecule has 1 atom stereocenters. The van der Waals surface area contributed by atoms with E-state index in [1.807, 2.05) is 30.3 Å². The molecule has 2 aromatic carbocycles. The third-order valence-electron chi connectivity index (χ3n) is 3.41. The first-order valence-electron chi connectivity index (χ1n) is 6.67. The van der Waals surface area contributed by atoms with Crippen molar-refractivity contribution in [3.63, 3.8) is 0 Å². The average molecular weight is 284 g/mol. The van der Waals surface area contributed by atoms with Gasteiger partial charge in [-0.3, -0.25) is 4.79 Å². The Morgan fingerprint density at radius 3 is 2.57 bits per heavy atom. The van der Waals surface area contributed by atoms with E-state index in [0.29, 0.717) is 22.9 Å². The van der Waals surface area contributed by atoms with Crippen molar-refractivity contribution in [2.24, 2.45) is 0 Å². The molecule has 21 heavy (non-hydrogen) atoms. The van der Waals surface area contributed by atoms with Crippen molar-refractivity contribution in [2.45, 2.75) is 6.10 Å². The lowest BCUT2D eigenvalue weighted by Crippen LogP contribution is -2.45. The quantitative estimate of drug-likeness (QED) is 0.857. The van der Waals surface area contributed by atoms with E-state index >= 15 is 0 Å². The number of fused-ring (bicyclic) bond motifs is 1. The molecule has 0 spiro atoms. The highest BCUT2D eigenvalue weighted by atomic mass is 16.6.